The van der Waals surface area contributed by atoms with E-state index >= 15 is 0 Å². The second kappa shape index (κ2) is 7.16. The lowest BCUT2D eigenvalue weighted by Crippen LogP contribution is -2.42. The molecular formula is C21H19N5O2. The van der Waals surface area contributed by atoms with Crippen molar-refractivity contribution in [3.63, 3.8) is 0 Å². The van der Waals surface area contributed by atoms with Crippen LogP contribution in [-0.2, 0) is 9.59 Å². The lowest BCUT2D eigenvalue weighted by atomic mass is 10.2. The van der Waals surface area contributed by atoms with Gasteiger partial charge in [-0.05, 0) is 49.7 Å². The van der Waals surface area contributed by atoms with E-state index in [0.29, 0.717) is 11.3 Å². The van der Waals surface area contributed by atoms with E-state index in [1.807, 2.05) is 30.3 Å². The molecule has 3 aromatic rings. The predicted octanol–water partition coefficient (Wildman–Crippen LogP) is 2.68. The number of amides is 2. The molecule has 0 aliphatic heterocycles. The largest absolute Gasteiger partial charge is 0.344 e. The Hall–Kier alpha value is -3.66. The summed E-state index contributed by atoms with van der Waals surface area (Å²) < 4.78 is 0. The molecule has 2 aromatic carbocycles. The van der Waals surface area contributed by atoms with Crippen LogP contribution in [0.2, 0.25) is 0 Å². The van der Waals surface area contributed by atoms with Crippen molar-refractivity contribution < 1.29 is 9.59 Å². The number of benzene rings is 2. The third-order valence-electron chi connectivity index (χ3n) is 4.92. The SMILES string of the molecule is CC(NC(=O)C1CC1c1nc2ccccc2[nH]1)C(=O)Nc1ccc(C#N)cc1. The second-order valence-electron chi connectivity index (χ2n) is 7.00. The van der Waals surface area contributed by atoms with Gasteiger partial charge in [-0.3, -0.25) is 9.59 Å². The molecular weight excluding hydrogens is 354 g/mol. The number of nitrogens with zero attached hydrogens (tertiary/aromatic N) is 2. The van der Waals surface area contributed by atoms with E-state index in [-0.39, 0.29) is 23.7 Å². The molecule has 1 aromatic heterocycles. The number of hydrogen-bond acceptors (Lipinski definition) is 4. The number of aromatic nitrogens is 2. The summed E-state index contributed by atoms with van der Waals surface area (Å²) in [5.41, 5.74) is 2.94. The van der Waals surface area contributed by atoms with Gasteiger partial charge in [-0.1, -0.05) is 12.1 Å². The number of carbonyl (C=O) groups excluding carboxylic acids is 2. The number of hydrogen-bond donors (Lipinski definition) is 3. The maximum atomic E-state index is 12.5. The minimum absolute atomic E-state index is 0.0567. The molecule has 0 spiro atoms. The van der Waals surface area contributed by atoms with Gasteiger partial charge in [0.15, 0.2) is 0 Å². The highest BCUT2D eigenvalue weighted by molar-refractivity contribution is 5.97. The molecule has 1 saturated carbocycles. The van der Waals surface area contributed by atoms with Crippen molar-refractivity contribution >= 4 is 28.5 Å². The highest BCUT2D eigenvalue weighted by atomic mass is 16.2. The molecule has 4 rings (SSSR count). The van der Waals surface area contributed by atoms with Gasteiger partial charge in [-0.2, -0.15) is 5.26 Å². The Morgan fingerprint density at radius 3 is 2.68 bits per heavy atom. The fourth-order valence-electron chi connectivity index (χ4n) is 3.20. The van der Waals surface area contributed by atoms with Crippen LogP contribution in [0.15, 0.2) is 48.5 Å². The van der Waals surface area contributed by atoms with Crippen LogP contribution in [0.1, 0.15) is 30.7 Å². The number of para-hydroxylation sites is 2. The fourth-order valence-corrected chi connectivity index (χ4v) is 3.20. The van der Waals surface area contributed by atoms with E-state index in [9.17, 15) is 9.59 Å². The first-order valence-electron chi connectivity index (χ1n) is 9.11. The highest BCUT2D eigenvalue weighted by Gasteiger charge is 2.46. The number of aromatic amines is 1. The Labute approximate surface area is 161 Å². The first-order chi connectivity index (χ1) is 13.5. The van der Waals surface area contributed by atoms with Crippen LogP contribution in [0.5, 0.6) is 0 Å². The lowest BCUT2D eigenvalue weighted by Gasteiger charge is -2.14. The van der Waals surface area contributed by atoms with Crippen LogP contribution in [-0.4, -0.2) is 27.8 Å². The molecule has 0 bridgehead atoms. The van der Waals surface area contributed by atoms with Crippen LogP contribution in [0.3, 0.4) is 0 Å². The van der Waals surface area contributed by atoms with Crippen LogP contribution in [0, 0.1) is 17.2 Å². The topological polar surface area (TPSA) is 111 Å². The molecule has 2 amide bonds. The Bertz CT molecular complexity index is 1050. The van der Waals surface area contributed by atoms with Crippen molar-refractivity contribution in [1.82, 2.24) is 15.3 Å². The van der Waals surface area contributed by atoms with E-state index in [1.54, 1.807) is 31.2 Å². The minimum Gasteiger partial charge on any atom is -0.344 e. The van der Waals surface area contributed by atoms with Gasteiger partial charge in [-0.25, -0.2) is 4.98 Å². The fraction of sp³-hybridized carbons (Fsp3) is 0.238. The molecule has 7 heteroatoms. The number of fused-ring (bicyclic) bond motifs is 1. The van der Waals surface area contributed by atoms with Crippen molar-refractivity contribution in [2.24, 2.45) is 5.92 Å². The number of nitrogens with one attached hydrogen (secondary N) is 3. The zero-order valence-electron chi connectivity index (χ0n) is 15.3. The van der Waals surface area contributed by atoms with Crippen molar-refractivity contribution in [3.8, 4) is 6.07 Å². The normalized spacial score (nSPS) is 18.9. The summed E-state index contributed by atoms with van der Waals surface area (Å²) in [7, 11) is 0. The molecule has 7 nitrogen and oxygen atoms in total. The van der Waals surface area contributed by atoms with E-state index < -0.39 is 6.04 Å². The van der Waals surface area contributed by atoms with Crippen molar-refractivity contribution in [1.29, 1.82) is 5.26 Å². The highest BCUT2D eigenvalue weighted by Crippen LogP contribution is 2.46. The Kier molecular flexibility index (Phi) is 4.53. The van der Waals surface area contributed by atoms with Gasteiger partial charge in [-0.15, -0.1) is 0 Å². The summed E-state index contributed by atoms with van der Waals surface area (Å²) in [5.74, 6) is 0.245. The van der Waals surface area contributed by atoms with Crippen LogP contribution in [0.25, 0.3) is 11.0 Å². The van der Waals surface area contributed by atoms with Gasteiger partial charge < -0.3 is 15.6 Å². The number of nitriles is 1. The first-order valence-corrected chi connectivity index (χ1v) is 9.11. The maximum absolute atomic E-state index is 12.5. The molecule has 1 fully saturated rings. The third-order valence-corrected chi connectivity index (χ3v) is 4.92. The van der Waals surface area contributed by atoms with Crippen LogP contribution >= 0.6 is 0 Å². The summed E-state index contributed by atoms with van der Waals surface area (Å²) >= 11 is 0. The maximum Gasteiger partial charge on any atom is 0.246 e. The molecule has 140 valence electrons. The van der Waals surface area contributed by atoms with Crippen molar-refractivity contribution in [2.45, 2.75) is 25.3 Å². The average molecular weight is 373 g/mol. The zero-order valence-corrected chi connectivity index (χ0v) is 15.3. The summed E-state index contributed by atoms with van der Waals surface area (Å²) in [4.78, 5) is 32.6. The Balaban J connectivity index is 1.33. The molecule has 3 unspecified atom stereocenters. The van der Waals surface area contributed by atoms with E-state index in [2.05, 4.69) is 20.6 Å². The molecule has 1 aliphatic rings. The Morgan fingerprint density at radius 2 is 1.96 bits per heavy atom. The molecule has 28 heavy (non-hydrogen) atoms. The van der Waals surface area contributed by atoms with Gasteiger partial charge in [0.2, 0.25) is 11.8 Å². The molecule has 1 heterocycles. The molecule has 0 saturated heterocycles. The van der Waals surface area contributed by atoms with E-state index in [1.165, 1.54) is 0 Å². The molecule has 3 N–H and O–H groups in total. The van der Waals surface area contributed by atoms with Gasteiger partial charge in [0.1, 0.15) is 11.9 Å². The standard InChI is InChI=1S/C21H19N5O2/c1-12(20(27)24-14-8-6-13(11-22)7-9-14)23-21(28)16-10-15(16)19-25-17-4-2-3-5-18(17)26-19/h2-9,12,15-16H,10H2,1H3,(H,23,28)(H,24,27)(H,25,26). The van der Waals surface area contributed by atoms with Crippen LogP contribution in [0.4, 0.5) is 5.69 Å². The predicted molar refractivity (Wildman–Crippen MR) is 104 cm³/mol. The lowest BCUT2D eigenvalue weighted by molar-refractivity contribution is -0.127. The summed E-state index contributed by atoms with van der Waals surface area (Å²) in [5, 5.41) is 14.3. The summed E-state index contributed by atoms with van der Waals surface area (Å²) in [6.45, 7) is 1.65. The van der Waals surface area contributed by atoms with Gasteiger partial charge in [0.25, 0.3) is 0 Å². The van der Waals surface area contributed by atoms with Gasteiger partial charge in [0, 0.05) is 17.5 Å². The second-order valence-corrected chi connectivity index (χ2v) is 7.00. The smallest absolute Gasteiger partial charge is 0.246 e. The van der Waals surface area contributed by atoms with E-state index in [0.717, 1.165) is 23.3 Å². The number of anilines is 1. The molecule has 0 radical (unpaired) electrons. The van der Waals surface area contributed by atoms with Gasteiger partial charge in [0.05, 0.1) is 22.7 Å². The average Bonchev–Trinajstić information content (AvgIpc) is 3.40. The monoisotopic (exact) mass is 373 g/mol. The summed E-state index contributed by atoms with van der Waals surface area (Å²) in [6.07, 6.45) is 0.718. The first kappa shape index (κ1) is 17.7. The summed E-state index contributed by atoms with van der Waals surface area (Å²) in [6, 6.07) is 15.7. The van der Waals surface area contributed by atoms with E-state index in [4.69, 9.17) is 5.26 Å². The molecule has 3 atom stereocenters. The zero-order chi connectivity index (χ0) is 19.7. The van der Waals surface area contributed by atoms with Gasteiger partial charge >= 0.3 is 0 Å². The third kappa shape index (κ3) is 3.58. The number of rotatable bonds is 5. The van der Waals surface area contributed by atoms with Crippen LogP contribution < -0.4 is 10.6 Å². The number of imidazole rings is 1. The number of H-pyrrole nitrogens is 1. The molecule has 1 aliphatic carbocycles. The Morgan fingerprint density at radius 1 is 1.21 bits per heavy atom. The van der Waals surface area contributed by atoms with Crippen molar-refractivity contribution in [2.75, 3.05) is 5.32 Å². The minimum atomic E-state index is -0.667. The van der Waals surface area contributed by atoms with Crippen molar-refractivity contribution in [3.05, 3.63) is 59.9 Å². The quantitative estimate of drug-likeness (QED) is 0.638. The number of carbonyl (C=O) groups is 2.